The summed E-state index contributed by atoms with van der Waals surface area (Å²) in [6.45, 7) is 0. The molecule has 2 saturated carbocycles. The van der Waals surface area contributed by atoms with Gasteiger partial charge in [-0.1, -0.05) is 18.2 Å². The average Bonchev–Trinajstić information content (AvgIpc) is 3.38. The van der Waals surface area contributed by atoms with Gasteiger partial charge in [0.25, 0.3) is 5.91 Å². The minimum Gasteiger partial charge on any atom is -0.494 e. The summed E-state index contributed by atoms with van der Waals surface area (Å²) in [5.41, 5.74) is 2.68. The lowest BCUT2D eigenvalue weighted by atomic mass is 10.0. The molecule has 2 fully saturated rings. The van der Waals surface area contributed by atoms with E-state index in [4.69, 9.17) is 14.2 Å². The molecule has 29 heavy (non-hydrogen) atoms. The Kier molecular flexibility index (Phi) is 4.61. The van der Waals surface area contributed by atoms with Gasteiger partial charge < -0.3 is 14.2 Å². The van der Waals surface area contributed by atoms with Crippen molar-refractivity contribution in [3.63, 3.8) is 0 Å². The van der Waals surface area contributed by atoms with Crippen LogP contribution in [0, 0.1) is 5.92 Å². The van der Waals surface area contributed by atoms with E-state index in [-0.39, 0.29) is 18.1 Å². The number of anilines is 1. The molecule has 1 heterocycles. The van der Waals surface area contributed by atoms with Gasteiger partial charge in [-0.25, -0.2) is 0 Å². The Morgan fingerprint density at radius 2 is 1.62 bits per heavy atom. The minimum atomic E-state index is 0.0350. The van der Waals surface area contributed by atoms with Crippen molar-refractivity contribution in [2.75, 3.05) is 19.1 Å². The van der Waals surface area contributed by atoms with Gasteiger partial charge in [-0.05, 0) is 56.1 Å². The van der Waals surface area contributed by atoms with Crippen LogP contribution in [0.2, 0.25) is 0 Å². The molecule has 1 unspecified atom stereocenters. The first-order valence-electron chi connectivity index (χ1n) is 10.6. The summed E-state index contributed by atoms with van der Waals surface area (Å²) < 4.78 is 17.6. The maximum atomic E-state index is 13.4. The second kappa shape index (κ2) is 7.29. The zero-order valence-electron chi connectivity index (χ0n) is 17.0. The van der Waals surface area contributed by atoms with E-state index >= 15 is 0 Å². The van der Waals surface area contributed by atoms with Crippen molar-refractivity contribution in [1.29, 1.82) is 0 Å². The van der Waals surface area contributed by atoms with Crippen LogP contribution in [0.15, 0.2) is 36.4 Å². The Hall–Kier alpha value is -2.69. The summed E-state index contributed by atoms with van der Waals surface area (Å²) in [7, 11) is 3.27. The minimum absolute atomic E-state index is 0.0350. The maximum absolute atomic E-state index is 13.4. The van der Waals surface area contributed by atoms with E-state index in [0.717, 1.165) is 42.5 Å². The first-order chi connectivity index (χ1) is 14.2. The summed E-state index contributed by atoms with van der Waals surface area (Å²) in [5, 5.41) is 0. The number of hydrogen-bond acceptors (Lipinski definition) is 4. The third kappa shape index (κ3) is 3.13. The van der Waals surface area contributed by atoms with Crippen molar-refractivity contribution >= 4 is 11.6 Å². The van der Waals surface area contributed by atoms with Crippen molar-refractivity contribution in [3.8, 4) is 17.2 Å². The van der Waals surface area contributed by atoms with Crippen LogP contribution in [0.1, 0.15) is 60.5 Å². The molecule has 0 spiro atoms. The van der Waals surface area contributed by atoms with E-state index in [0.29, 0.717) is 23.2 Å². The van der Waals surface area contributed by atoms with Gasteiger partial charge in [0.15, 0.2) is 11.5 Å². The molecule has 2 aromatic carbocycles. The zero-order chi connectivity index (χ0) is 20.0. The molecule has 1 amide bonds. The third-order valence-electron chi connectivity index (χ3n) is 6.40. The number of methoxy groups -OCH3 is 2. The van der Waals surface area contributed by atoms with Crippen LogP contribution in [-0.4, -0.2) is 26.2 Å². The molecular weight excluding hydrogens is 366 g/mol. The molecule has 0 radical (unpaired) electrons. The Balaban J connectivity index is 1.59. The van der Waals surface area contributed by atoms with E-state index in [9.17, 15) is 4.79 Å². The van der Waals surface area contributed by atoms with E-state index in [1.807, 2.05) is 35.2 Å². The number of fused-ring (bicyclic) bond motifs is 1. The predicted molar refractivity (Wildman–Crippen MR) is 111 cm³/mol. The fourth-order valence-corrected chi connectivity index (χ4v) is 4.80. The molecule has 1 atom stereocenters. The van der Waals surface area contributed by atoms with Crippen LogP contribution in [0.25, 0.3) is 0 Å². The number of carbonyl (C=O) groups excluding carboxylic acids is 1. The quantitative estimate of drug-likeness (QED) is 0.682. The van der Waals surface area contributed by atoms with Gasteiger partial charge in [-0.15, -0.1) is 0 Å². The van der Waals surface area contributed by atoms with E-state index in [1.165, 1.54) is 12.8 Å². The largest absolute Gasteiger partial charge is 0.494 e. The van der Waals surface area contributed by atoms with Gasteiger partial charge >= 0.3 is 0 Å². The van der Waals surface area contributed by atoms with Gasteiger partial charge in [0.1, 0.15) is 5.75 Å². The maximum Gasteiger partial charge on any atom is 0.259 e. The Bertz CT molecular complexity index is 930. The summed E-state index contributed by atoms with van der Waals surface area (Å²) in [4.78, 5) is 15.3. The fourth-order valence-electron chi connectivity index (χ4n) is 4.80. The first-order valence-corrected chi connectivity index (χ1v) is 10.6. The molecule has 152 valence electrons. The lowest BCUT2D eigenvalue weighted by Gasteiger charge is -2.28. The molecule has 3 aliphatic rings. The number of carbonyl (C=O) groups is 1. The van der Waals surface area contributed by atoms with E-state index in [1.54, 1.807) is 14.2 Å². The van der Waals surface area contributed by atoms with E-state index in [2.05, 4.69) is 6.07 Å². The highest BCUT2D eigenvalue weighted by molar-refractivity contribution is 6.12. The van der Waals surface area contributed by atoms with Crippen LogP contribution in [-0.2, 0) is 0 Å². The van der Waals surface area contributed by atoms with Crippen molar-refractivity contribution in [3.05, 3.63) is 47.5 Å². The molecular formula is C24H27NO4. The summed E-state index contributed by atoms with van der Waals surface area (Å²) >= 11 is 0. The lowest BCUT2D eigenvalue weighted by Crippen LogP contribution is -2.29. The second-order valence-corrected chi connectivity index (χ2v) is 8.24. The van der Waals surface area contributed by atoms with Gasteiger partial charge in [-0.3, -0.25) is 9.69 Å². The topological polar surface area (TPSA) is 48.0 Å². The highest BCUT2D eigenvalue weighted by atomic mass is 16.5. The number of rotatable bonds is 6. The fraction of sp³-hybridized carbons (Fsp3) is 0.458. The van der Waals surface area contributed by atoms with Crippen LogP contribution < -0.4 is 19.1 Å². The standard InChI is InChI=1S/C24H27NO4/c1-27-20-14-21(28-2)22(29-16-7-3-4-8-16)13-19(20)25-23(15-11-12-15)17-9-5-6-10-18(17)24(25)26/h5-6,9-10,13-16,23H,3-4,7-8,11-12H2,1-2H3. The zero-order valence-corrected chi connectivity index (χ0v) is 17.0. The summed E-state index contributed by atoms with van der Waals surface area (Å²) in [5.74, 6) is 2.49. The van der Waals surface area contributed by atoms with Crippen LogP contribution in [0.5, 0.6) is 17.2 Å². The molecule has 0 saturated heterocycles. The molecule has 2 aromatic rings. The van der Waals surface area contributed by atoms with Gasteiger partial charge in [0.2, 0.25) is 0 Å². The van der Waals surface area contributed by atoms with Gasteiger partial charge in [-0.2, -0.15) is 0 Å². The van der Waals surface area contributed by atoms with Crippen molar-refractivity contribution in [2.45, 2.75) is 50.7 Å². The lowest BCUT2D eigenvalue weighted by molar-refractivity contribution is 0.0988. The average molecular weight is 393 g/mol. The highest BCUT2D eigenvalue weighted by Gasteiger charge is 2.46. The third-order valence-corrected chi connectivity index (χ3v) is 6.40. The normalized spacial score (nSPS) is 21.4. The molecule has 5 nitrogen and oxygen atoms in total. The molecule has 0 bridgehead atoms. The van der Waals surface area contributed by atoms with Crippen LogP contribution >= 0.6 is 0 Å². The Labute approximate surface area is 171 Å². The predicted octanol–water partition coefficient (Wildman–Crippen LogP) is 5.14. The smallest absolute Gasteiger partial charge is 0.259 e. The van der Waals surface area contributed by atoms with E-state index < -0.39 is 0 Å². The molecule has 2 aliphatic carbocycles. The van der Waals surface area contributed by atoms with Gasteiger partial charge in [0.05, 0.1) is 32.1 Å². The van der Waals surface area contributed by atoms with Crippen LogP contribution in [0.3, 0.4) is 0 Å². The number of ether oxygens (including phenoxy) is 3. The first kappa shape index (κ1) is 18.3. The summed E-state index contributed by atoms with van der Waals surface area (Å²) in [6, 6.07) is 11.8. The molecule has 1 aliphatic heterocycles. The molecule has 5 rings (SSSR count). The van der Waals surface area contributed by atoms with Crippen molar-refractivity contribution in [1.82, 2.24) is 0 Å². The molecule has 0 aromatic heterocycles. The monoisotopic (exact) mass is 393 g/mol. The second-order valence-electron chi connectivity index (χ2n) is 8.24. The molecule has 0 N–H and O–H groups in total. The summed E-state index contributed by atoms with van der Waals surface area (Å²) in [6.07, 6.45) is 7.00. The SMILES string of the molecule is COc1cc(OC)c(N2C(=O)c3ccccc3C2C2CC2)cc1OC1CCCC1. The van der Waals surface area contributed by atoms with Gasteiger partial charge in [0, 0.05) is 17.7 Å². The number of amides is 1. The molecule has 5 heteroatoms. The van der Waals surface area contributed by atoms with Crippen molar-refractivity contribution in [2.24, 2.45) is 5.92 Å². The van der Waals surface area contributed by atoms with Crippen molar-refractivity contribution < 1.29 is 19.0 Å². The number of benzene rings is 2. The Morgan fingerprint density at radius 3 is 2.31 bits per heavy atom. The Morgan fingerprint density at radius 1 is 0.897 bits per heavy atom. The highest BCUT2D eigenvalue weighted by Crippen LogP contribution is 2.53. The number of hydrogen-bond donors (Lipinski definition) is 0. The van der Waals surface area contributed by atoms with Crippen LogP contribution in [0.4, 0.5) is 5.69 Å². The number of nitrogens with zero attached hydrogens (tertiary/aromatic N) is 1.